The van der Waals surface area contributed by atoms with E-state index in [4.69, 9.17) is 0 Å². The minimum Gasteiger partial charge on any atom is -0.0749 e. The van der Waals surface area contributed by atoms with E-state index >= 15 is 0 Å². The second-order valence-electron chi connectivity index (χ2n) is 8.50. The molecule has 1 aliphatic carbocycles. The molecule has 3 atom stereocenters. The Kier molecular flexibility index (Phi) is 5.70. The first-order valence-electron chi connectivity index (χ1n) is 11.1. The Morgan fingerprint density at radius 3 is 2.00 bits per heavy atom. The minimum absolute atomic E-state index is 0.382. The summed E-state index contributed by atoms with van der Waals surface area (Å²) in [7, 11) is -0.507. The van der Waals surface area contributed by atoms with Crippen LogP contribution in [0.15, 0.2) is 124 Å². The molecule has 0 saturated heterocycles. The van der Waals surface area contributed by atoms with Gasteiger partial charge in [-0.25, -0.2) is 0 Å². The molecule has 1 aliphatic heterocycles. The Morgan fingerprint density at radius 2 is 1.30 bits per heavy atom. The van der Waals surface area contributed by atoms with Crippen LogP contribution < -0.4 is 10.6 Å². The first-order valence-corrected chi connectivity index (χ1v) is 14.1. The number of hydrogen-bond acceptors (Lipinski definition) is 0. The van der Waals surface area contributed by atoms with Crippen LogP contribution in [0.1, 0.15) is 17.0 Å². The number of allylic oxidation sites excluding steroid dienone is 4. The fourth-order valence-electron chi connectivity index (χ4n) is 5.01. The van der Waals surface area contributed by atoms with Crippen LogP contribution in [0.2, 0.25) is 0 Å². The van der Waals surface area contributed by atoms with E-state index in [0.717, 1.165) is 8.95 Å². The molecule has 0 amide bonds. The normalized spacial score (nSPS) is 20.8. The highest BCUT2D eigenvalue weighted by Gasteiger charge is 2.40. The zero-order valence-corrected chi connectivity index (χ0v) is 21.9. The summed E-state index contributed by atoms with van der Waals surface area (Å²) in [6.07, 6.45) is 7.31. The van der Waals surface area contributed by atoms with Crippen LogP contribution in [-0.4, -0.2) is 5.66 Å². The van der Waals surface area contributed by atoms with E-state index in [1.54, 1.807) is 0 Å². The maximum absolute atomic E-state index is 3.72. The molecule has 160 valence electrons. The van der Waals surface area contributed by atoms with Gasteiger partial charge in [-0.05, 0) is 70.6 Å². The zero-order chi connectivity index (χ0) is 22.4. The molecule has 3 heteroatoms. The van der Waals surface area contributed by atoms with E-state index in [1.165, 1.54) is 38.4 Å². The van der Waals surface area contributed by atoms with Crippen molar-refractivity contribution in [3.8, 4) is 11.1 Å². The Morgan fingerprint density at radius 1 is 0.636 bits per heavy atom. The van der Waals surface area contributed by atoms with Gasteiger partial charge in [0, 0.05) is 20.5 Å². The highest BCUT2D eigenvalue weighted by Crippen LogP contribution is 2.57. The average Bonchev–Trinajstić information content (AvgIpc) is 3.17. The molecule has 0 nitrogen and oxygen atoms in total. The topological polar surface area (TPSA) is 0 Å². The molecule has 4 aromatic carbocycles. The number of hydrogen-bond donors (Lipinski definition) is 0. The van der Waals surface area contributed by atoms with Gasteiger partial charge in [-0.3, -0.25) is 0 Å². The Labute approximate surface area is 213 Å². The fraction of sp³-hybridized carbons (Fsp3) is 0.0667. The molecule has 3 unspecified atom stereocenters. The maximum Gasteiger partial charge on any atom is 0.0192 e. The summed E-state index contributed by atoms with van der Waals surface area (Å²) in [4.78, 5) is 0. The van der Waals surface area contributed by atoms with Gasteiger partial charge in [0.2, 0.25) is 0 Å². The molecular weight excluding hydrogens is 551 g/mol. The molecule has 1 heterocycles. The quantitative estimate of drug-likeness (QED) is 0.216. The second-order valence-corrected chi connectivity index (χ2v) is 12.7. The minimum atomic E-state index is -0.507. The summed E-state index contributed by atoms with van der Waals surface area (Å²) in [6, 6.07) is 35.3. The molecule has 0 aromatic heterocycles. The van der Waals surface area contributed by atoms with Crippen molar-refractivity contribution in [2.24, 2.45) is 0 Å². The van der Waals surface area contributed by atoms with E-state index in [-0.39, 0.29) is 0 Å². The first-order chi connectivity index (χ1) is 16.2. The van der Waals surface area contributed by atoms with Crippen molar-refractivity contribution >= 4 is 56.0 Å². The largest absolute Gasteiger partial charge is 0.0749 e. The predicted octanol–water partition coefficient (Wildman–Crippen LogP) is 8.43. The van der Waals surface area contributed by atoms with Gasteiger partial charge >= 0.3 is 0 Å². The molecule has 2 aliphatic rings. The molecule has 4 aromatic rings. The van der Waals surface area contributed by atoms with Crippen LogP contribution in [0.4, 0.5) is 0 Å². The summed E-state index contributed by atoms with van der Waals surface area (Å²) >= 11 is 7.44. The molecule has 0 fully saturated rings. The van der Waals surface area contributed by atoms with E-state index < -0.39 is 7.92 Å². The summed E-state index contributed by atoms with van der Waals surface area (Å²) in [6.45, 7) is 0. The van der Waals surface area contributed by atoms with Crippen LogP contribution in [0.3, 0.4) is 0 Å². The summed E-state index contributed by atoms with van der Waals surface area (Å²) in [5.41, 5.74) is 7.12. The van der Waals surface area contributed by atoms with Crippen molar-refractivity contribution in [2.45, 2.75) is 11.6 Å². The molecule has 33 heavy (non-hydrogen) atoms. The molecule has 0 N–H and O–H groups in total. The SMILES string of the molecule is Brc1cc(Br)cc(P2c3ccc(-c4ccccc4)cc3C3C=C(c4ccccc4)C=CC32)c1. The molecule has 0 spiro atoms. The van der Waals surface area contributed by atoms with Crippen molar-refractivity contribution in [3.05, 3.63) is 135 Å². The van der Waals surface area contributed by atoms with E-state index in [9.17, 15) is 0 Å². The standard InChI is InChI=1S/C30H21Br2P/c31-24-17-25(32)19-26(18-24)33-29-13-11-22(20-7-3-1-4-8-20)15-27(29)28-16-23(12-14-30(28)33)21-9-5-2-6-10-21/h1-19,27,29H. The van der Waals surface area contributed by atoms with E-state index in [2.05, 4.69) is 147 Å². The van der Waals surface area contributed by atoms with Gasteiger partial charge in [0.05, 0.1) is 0 Å². The van der Waals surface area contributed by atoms with E-state index in [1.807, 2.05) is 0 Å². The van der Waals surface area contributed by atoms with Crippen LogP contribution >= 0.6 is 39.8 Å². The predicted molar refractivity (Wildman–Crippen MR) is 150 cm³/mol. The van der Waals surface area contributed by atoms with Gasteiger partial charge < -0.3 is 0 Å². The maximum atomic E-state index is 3.72. The Bertz CT molecular complexity index is 1370. The summed E-state index contributed by atoms with van der Waals surface area (Å²) in [5.74, 6) is 0.382. The number of halogens is 2. The average molecular weight is 572 g/mol. The third-order valence-corrected chi connectivity index (χ3v) is 10.2. The van der Waals surface area contributed by atoms with Crippen molar-refractivity contribution in [2.75, 3.05) is 0 Å². The van der Waals surface area contributed by atoms with Gasteiger partial charge in [-0.1, -0.05) is 123 Å². The van der Waals surface area contributed by atoms with Gasteiger partial charge in [-0.15, -0.1) is 0 Å². The van der Waals surface area contributed by atoms with Gasteiger partial charge in [0.1, 0.15) is 0 Å². The van der Waals surface area contributed by atoms with Crippen LogP contribution in [0.5, 0.6) is 0 Å². The molecule has 6 rings (SSSR count). The highest BCUT2D eigenvalue weighted by atomic mass is 79.9. The van der Waals surface area contributed by atoms with Crippen molar-refractivity contribution in [3.63, 3.8) is 0 Å². The molecule has 0 bridgehead atoms. The lowest BCUT2D eigenvalue weighted by molar-refractivity contribution is 0.893. The first kappa shape index (κ1) is 21.3. The monoisotopic (exact) mass is 570 g/mol. The van der Waals surface area contributed by atoms with E-state index in [0.29, 0.717) is 11.6 Å². The number of fused-ring (bicyclic) bond motifs is 3. The molecule has 0 saturated carbocycles. The van der Waals surface area contributed by atoms with Gasteiger partial charge in [0.15, 0.2) is 0 Å². The Hall–Kier alpha value is -2.25. The molecular formula is C30H21Br2P. The van der Waals surface area contributed by atoms with Crippen LogP contribution in [0.25, 0.3) is 16.7 Å². The third kappa shape index (κ3) is 3.99. The second kappa shape index (κ2) is 8.84. The third-order valence-electron chi connectivity index (χ3n) is 6.48. The van der Waals surface area contributed by atoms with Crippen molar-refractivity contribution in [1.29, 1.82) is 0 Å². The lowest BCUT2D eigenvalue weighted by atomic mass is 9.86. The smallest absolute Gasteiger partial charge is 0.0192 e. The van der Waals surface area contributed by atoms with Gasteiger partial charge in [-0.2, -0.15) is 0 Å². The van der Waals surface area contributed by atoms with Crippen molar-refractivity contribution < 1.29 is 0 Å². The summed E-state index contributed by atoms with van der Waals surface area (Å²) in [5, 5.41) is 2.91. The Balaban J connectivity index is 1.52. The van der Waals surface area contributed by atoms with Crippen molar-refractivity contribution in [1.82, 2.24) is 0 Å². The van der Waals surface area contributed by atoms with Gasteiger partial charge in [0.25, 0.3) is 0 Å². The lowest BCUT2D eigenvalue weighted by Gasteiger charge is -2.25. The lowest BCUT2D eigenvalue weighted by Crippen LogP contribution is -2.17. The number of benzene rings is 4. The highest BCUT2D eigenvalue weighted by molar-refractivity contribution is 9.11. The zero-order valence-electron chi connectivity index (χ0n) is 17.8. The summed E-state index contributed by atoms with van der Waals surface area (Å²) < 4.78 is 2.25. The van der Waals surface area contributed by atoms with Crippen LogP contribution in [-0.2, 0) is 0 Å². The fourth-order valence-corrected chi connectivity index (χ4v) is 9.71. The molecule has 0 radical (unpaired) electrons. The number of rotatable bonds is 3. The van der Waals surface area contributed by atoms with Crippen LogP contribution in [0, 0.1) is 0 Å².